The number of benzene rings is 3. The summed E-state index contributed by atoms with van der Waals surface area (Å²) in [5, 5.41) is 0. The molecule has 8 heteroatoms. The Balaban J connectivity index is 1.87. The minimum Gasteiger partial charge on any atom is -0.489 e. The van der Waals surface area contributed by atoms with Crippen LogP contribution in [0.1, 0.15) is 5.56 Å². The Morgan fingerprint density at radius 1 is 0.767 bits per heavy atom. The summed E-state index contributed by atoms with van der Waals surface area (Å²) >= 11 is 10.9. The summed E-state index contributed by atoms with van der Waals surface area (Å²) in [5.41, 5.74) is -1.04. The van der Waals surface area contributed by atoms with Gasteiger partial charge < -0.3 is 14.2 Å². The summed E-state index contributed by atoms with van der Waals surface area (Å²) in [7, 11) is 0. The van der Waals surface area contributed by atoms with Crippen LogP contribution in [-0.4, -0.2) is 6.61 Å². The largest absolute Gasteiger partial charge is 0.489 e. The summed E-state index contributed by atoms with van der Waals surface area (Å²) in [5.74, 6) is 0.378. The van der Waals surface area contributed by atoms with Gasteiger partial charge in [-0.25, -0.2) is 0 Å². The highest BCUT2D eigenvalue weighted by Crippen LogP contribution is 2.44. The van der Waals surface area contributed by atoms with Crippen molar-refractivity contribution in [2.24, 2.45) is 0 Å². The maximum atomic E-state index is 13.7. The lowest BCUT2D eigenvalue weighted by atomic mass is 10.1. The number of hydrogen-bond acceptors (Lipinski definition) is 3. The molecule has 0 aliphatic carbocycles. The Kier molecular flexibility index (Phi) is 7.13. The first-order valence-corrected chi connectivity index (χ1v) is 9.43. The maximum absolute atomic E-state index is 13.7. The molecule has 0 amide bonds. The normalized spacial score (nSPS) is 11.0. The predicted octanol–water partition coefficient (Wildman–Crippen LogP) is 7.99. The molecule has 0 atom stereocenters. The quantitative estimate of drug-likeness (QED) is 0.362. The second-order valence-corrected chi connectivity index (χ2v) is 6.93. The van der Waals surface area contributed by atoms with Crippen LogP contribution in [0.3, 0.4) is 0 Å². The van der Waals surface area contributed by atoms with Gasteiger partial charge in [-0.05, 0) is 42.5 Å². The molecule has 0 saturated carbocycles. The average molecular weight is 455 g/mol. The molecule has 0 radical (unpaired) electrons. The minimum absolute atomic E-state index is 0.105. The van der Waals surface area contributed by atoms with E-state index in [1.807, 2.05) is 18.2 Å². The minimum atomic E-state index is -4.71. The summed E-state index contributed by atoms with van der Waals surface area (Å²) in [6.07, 6.45) is -3.47. The van der Waals surface area contributed by atoms with Crippen molar-refractivity contribution < 1.29 is 27.4 Å². The Hall–Kier alpha value is -2.83. The molecule has 3 aromatic rings. The van der Waals surface area contributed by atoms with E-state index in [-0.39, 0.29) is 16.8 Å². The maximum Gasteiger partial charge on any atom is 0.423 e. The molecule has 0 fully saturated rings. The van der Waals surface area contributed by atoms with Gasteiger partial charge in [0.2, 0.25) is 0 Å². The molecular formula is C22H15Cl2F3O3. The second-order valence-electron chi connectivity index (χ2n) is 5.92. The van der Waals surface area contributed by atoms with Crippen LogP contribution in [0.2, 0.25) is 0 Å². The van der Waals surface area contributed by atoms with Gasteiger partial charge in [0.15, 0.2) is 0 Å². The van der Waals surface area contributed by atoms with Gasteiger partial charge in [-0.2, -0.15) is 13.2 Å². The third-order valence-corrected chi connectivity index (χ3v) is 4.07. The summed E-state index contributed by atoms with van der Waals surface area (Å²) in [4.78, 5) is 0. The zero-order valence-corrected chi connectivity index (χ0v) is 16.8. The number of hydrogen-bond donors (Lipinski definition) is 0. The third-order valence-electron chi connectivity index (χ3n) is 3.76. The monoisotopic (exact) mass is 454 g/mol. The van der Waals surface area contributed by atoms with Crippen molar-refractivity contribution in [1.29, 1.82) is 0 Å². The molecule has 30 heavy (non-hydrogen) atoms. The first-order chi connectivity index (χ1) is 14.3. The Morgan fingerprint density at radius 3 is 2.03 bits per heavy atom. The van der Waals surface area contributed by atoms with E-state index in [1.54, 1.807) is 24.3 Å². The fourth-order valence-electron chi connectivity index (χ4n) is 2.54. The smallest absolute Gasteiger partial charge is 0.423 e. The van der Waals surface area contributed by atoms with E-state index < -0.39 is 23.2 Å². The van der Waals surface area contributed by atoms with Gasteiger partial charge in [-0.1, -0.05) is 53.5 Å². The van der Waals surface area contributed by atoms with Crippen molar-refractivity contribution in [3.8, 4) is 28.7 Å². The molecule has 0 heterocycles. The van der Waals surface area contributed by atoms with Crippen molar-refractivity contribution in [2.45, 2.75) is 6.18 Å². The van der Waals surface area contributed by atoms with Crippen molar-refractivity contribution in [1.82, 2.24) is 0 Å². The van der Waals surface area contributed by atoms with Gasteiger partial charge in [0.1, 0.15) is 45.4 Å². The topological polar surface area (TPSA) is 27.7 Å². The van der Waals surface area contributed by atoms with Crippen LogP contribution in [0, 0.1) is 0 Å². The highest BCUT2D eigenvalue weighted by atomic mass is 35.5. The van der Waals surface area contributed by atoms with E-state index in [0.717, 1.165) is 0 Å². The molecule has 156 valence electrons. The molecule has 0 N–H and O–H groups in total. The summed E-state index contributed by atoms with van der Waals surface area (Å²) in [6.45, 7) is -0.227. The van der Waals surface area contributed by atoms with Gasteiger partial charge in [0, 0.05) is 6.07 Å². The summed E-state index contributed by atoms with van der Waals surface area (Å²) in [6, 6.07) is 19.1. The fraction of sp³-hybridized carbons (Fsp3) is 0.0909. The molecule has 0 aliphatic rings. The Bertz CT molecular complexity index is 1020. The van der Waals surface area contributed by atoms with Gasteiger partial charge in [0.05, 0.1) is 0 Å². The first-order valence-electron chi connectivity index (χ1n) is 8.68. The van der Waals surface area contributed by atoms with Gasteiger partial charge in [-0.3, -0.25) is 0 Å². The average Bonchev–Trinajstić information content (AvgIpc) is 2.68. The zero-order valence-electron chi connectivity index (χ0n) is 15.3. The summed E-state index contributed by atoms with van der Waals surface area (Å²) < 4.78 is 57.4. The van der Waals surface area contributed by atoms with Crippen LogP contribution in [0.5, 0.6) is 28.7 Å². The van der Waals surface area contributed by atoms with Crippen LogP contribution in [0.15, 0.2) is 83.4 Å². The Morgan fingerprint density at radius 2 is 1.37 bits per heavy atom. The molecule has 0 aromatic heterocycles. The van der Waals surface area contributed by atoms with E-state index in [9.17, 15) is 13.2 Å². The molecule has 0 unspecified atom stereocenters. The molecule has 0 bridgehead atoms. The van der Waals surface area contributed by atoms with Crippen molar-refractivity contribution in [3.05, 3.63) is 88.9 Å². The van der Waals surface area contributed by atoms with E-state index in [1.165, 1.54) is 36.4 Å². The van der Waals surface area contributed by atoms with Crippen molar-refractivity contribution in [3.63, 3.8) is 0 Å². The Labute approximate surface area is 181 Å². The lowest BCUT2D eigenvalue weighted by Crippen LogP contribution is -2.10. The van der Waals surface area contributed by atoms with Gasteiger partial charge in [0.25, 0.3) is 0 Å². The van der Waals surface area contributed by atoms with E-state index in [4.69, 9.17) is 37.4 Å². The van der Waals surface area contributed by atoms with E-state index >= 15 is 0 Å². The zero-order chi connectivity index (χ0) is 21.6. The number of para-hydroxylation sites is 1. The molecule has 0 saturated heterocycles. The number of alkyl halides is 3. The van der Waals surface area contributed by atoms with Gasteiger partial charge >= 0.3 is 6.18 Å². The molecule has 0 spiro atoms. The third kappa shape index (κ3) is 6.08. The van der Waals surface area contributed by atoms with Crippen LogP contribution in [0.25, 0.3) is 0 Å². The lowest BCUT2D eigenvalue weighted by Gasteiger charge is -2.18. The van der Waals surface area contributed by atoms with Gasteiger partial charge in [-0.15, -0.1) is 0 Å². The molecule has 3 aromatic carbocycles. The lowest BCUT2D eigenvalue weighted by molar-refractivity contribution is -0.139. The molecule has 0 aliphatic heterocycles. The number of rotatable bonds is 7. The molecule has 3 rings (SSSR count). The predicted molar refractivity (Wildman–Crippen MR) is 110 cm³/mol. The molecule has 3 nitrogen and oxygen atoms in total. The van der Waals surface area contributed by atoms with Crippen molar-refractivity contribution in [2.75, 3.05) is 6.61 Å². The highest BCUT2D eigenvalue weighted by Gasteiger charge is 2.38. The number of halogens is 5. The molecular weight excluding hydrogens is 440 g/mol. The van der Waals surface area contributed by atoms with Crippen LogP contribution in [-0.2, 0) is 6.18 Å². The number of ether oxygens (including phenoxy) is 3. The first kappa shape index (κ1) is 21.9. The highest BCUT2D eigenvalue weighted by molar-refractivity contribution is 6.55. The van der Waals surface area contributed by atoms with Crippen LogP contribution < -0.4 is 14.2 Å². The van der Waals surface area contributed by atoms with E-state index in [0.29, 0.717) is 11.5 Å². The fourth-order valence-corrected chi connectivity index (χ4v) is 2.67. The van der Waals surface area contributed by atoms with Crippen LogP contribution in [0.4, 0.5) is 13.2 Å². The standard InChI is InChI=1S/C22H15Cl2F3O3/c23-20(24)12-13-28-18-10-5-11-19(21(18)22(25,26)27)30-17-9-4-8-16(14-17)29-15-6-2-1-3-7-15/h1-12,14H,13H2. The van der Waals surface area contributed by atoms with E-state index in [2.05, 4.69) is 0 Å². The van der Waals surface area contributed by atoms with Crippen molar-refractivity contribution >= 4 is 23.2 Å². The second kappa shape index (κ2) is 9.78. The SMILES string of the molecule is FC(F)(F)c1c(OCC=C(Cl)Cl)cccc1Oc1cccc(Oc2ccccc2)c1. The van der Waals surface area contributed by atoms with Crippen LogP contribution >= 0.6 is 23.2 Å².